The van der Waals surface area contributed by atoms with E-state index >= 15 is 0 Å². The third kappa shape index (κ3) is 3.55. The molecule has 1 aromatic heterocycles. The molecule has 20 heavy (non-hydrogen) atoms. The van der Waals surface area contributed by atoms with Crippen molar-refractivity contribution in [3.63, 3.8) is 0 Å². The van der Waals surface area contributed by atoms with E-state index in [0.29, 0.717) is 11.1 Å². The first-order valence-electron chi connectivity index (χ1n) is 6.52. The van der Waals surface area contributed by atoms with Gasteiger partial charge >= 0.3 is 0 Å². The predicted molar refractivity (Wildman–Crippen MR) is 74.6 cm³/mol. The van der Waals surface area contributed by atoms with Crippen molar-refractivity contribution in [1.29, 1.82) is 0 Å². The summed E-state index contributed by atoms with van der Waals surface area (Å²) in [7, 11) is 0. The lowest BCUT2D eigenvalue weighted by Gasteiger charge is -2.05. The molecule has 1 aliphatic carbocycles. The zero-order valence-electron chi connectivity index (χ0n) is 10.8. The molecule has 0 saturated heterocycles. The Balaban J connectivity index is 1.66. The third-order valence-corrected chi connectivity index (χ3v) is 4.06. The summed E-state index contributed by atoms with van der Waals surface area (Å²) < 4.78 is 26.6. The second-order valence-corrected chi connectivity index (χ2v) is 5.90. The van der Waals surface area contributed by atoms with Crippen LogP contribution in [0.3, 0.4) is 0 Å². The lowest BCUT2D eigenvalue weighted by atomic mass is 10.3. The molecule has 1 saturated carbocycles. The maximum absolute atomic E-state index is 13.5. The number of benzene rings is 1. The normalized spacial score (nSPS) is 14.5. The van der Waals surface area contributed by atoms with E-state index in [4.69, 9.17) is 0 Å². The highest BCUT2D eigenvalue weighted by molar-refractivity contribution is 7.99. The lowest BCUT2D eigenvalue weighted by Crippen LogP contribution is -2.15. The molecule has 0 radical (unpaired) electrons. The Morgan fingerprint density at radius 2 is 2.05 bits per heavy atom. The van der Waals surface area contributed by atoms with E-state index in [1.54, 1.807) is 6.20 Å². The van der Waals surface area contributed by atoms with E-state index < -0.39 is 11.6 Å². The zero-order chi connectivity index (χ0) is 13.9. The maximum Gasteiger partial charge on any atom is 0.137 e. The van der Waals surface area contributed by atoms with E-state index in [2.05, 4.69) is 10.3 Å². The van der Waals surface area contributed by atoms with Crippen LogP contribution >= 0.6 is 11.8 Å². The summed E-state index contributed by atoms with van der Waals surface area (Å²) in [5, 5.41) is 4.06. The van der Waals surface area contributed by atoms with Crippen LogP contribution in [0.5, 0.6) is 0 Å². The Labute approximate surface area is 120 Å². The molecule has 5 heteroatoms. The quantitative estimate of drug-likeness (QED) is 0.908. The summed E-state index contributed by atoms with van der Waals surface area (Å²) in [6, 6.07) is 7.88. The fourth-order valence-electron chi connectivity index (χ4n) is 1.79. The van der Waals surface area contributed by atoms with Crippen molar-refractivity contribution in [2.45, 2.75) is 35.3 Å². The number of hydrogen-bond donors (Lipinski definition) is 1. The first kappa shape index (κ1) is 13.5. The van der Waals surface area contributed by atoms with Gasteiger partial charge in [0, 0.05) is 18.8 Å². The number of rotatable bonds is 5. The van der Waals surface area contributed by atoms with Crippen LogP contribution in [0.1, 0.15) is 18.4 Å². The molecule has 0 unspecified atom stereocenters. The highest BCUT2D eigenvalue weighted by atomic mass is 32.2. The Morgan fingerprint density at radius 3 is 2.75 bits per heavy atom. The highest BCUT2D eigenvalue weighted by Crippen LogP contribution is 2.29. The molecule has 1 fully saturated rings. The largest absolute Gasteiger partial charge is 0.310 e. The number of halogens is 2. The molecular weight excluding hydrogens is 278 g/mol. The fourth-order valence-corrected chi connectivity index (χ4v) is 2.60. The van der Waals surface area contributed by atoms with Gasteiger partial charge in [0.1, 0.15) is 16.7 Å². The van der Waals surface area contributed by atoms with E-state index in [0.717, 1.165) is 36.0 Å². The van der Waals surface area contributed by atoms with Gasteiger partial charge < -0.3 is 5.32 Å². The summed E-state index contributed by atoms with van der Waals surface area (Å²) in [5.74, 6) is -0.878. The SMILES string of the molecule is Fc1ccc(F)c(Sc2ccc(CNC3CC3)cn2)c1. The fraction of sp³-hybridized carbons (Fsp3) is 0.267. The minimum atomic E-state index is -0.445. The van der Waals surface area contributed by atoms with Gasteiger partial charge in [-0.05, 0) is 42.7 Å². The van der Waals surface area contributed by atoms with Crippen LogP contribution in [0.15, 0.2) is 46.5 Å². The highest BCUT2D eigenvalue weighted by Gasteiger charge is 2.19. The summed E-state index contributed by atoms with van der Waals surface area (Å²) in [6.07, 6.45) is 4.27. The van der Waals surface area contributed by atoms with Crippen LogP contribution in [0.25, 0.3) is 0 Å². The number of nitrogens with zero attached hydrogens (tertiary/aromatic N) is 1. The van der Waals surface area contributed by atoms with Gasteiger partial charge in [-0.15, -0.1) is 0 Å². The minimum Gasteiger partial charge on any atom is -0.310 e. The van der Waals surface area contributed by atoms with E-state index in [1.807, 2.05) is 12.1 Å². The van der Waals surface area contributed by atoms with Crippen molar-refractivity contribution < 1.29 is 8.78 Å². The van der Waals surface area contributed by atoms with Gasteiger partial charge in [0.25, 0.3) is 0 Å². The van der Waals surface area contributed by atoms with Crippen molar-refractivity contribution in [2.24, 2.45) is 0 Å². The molecule has 2 nitrogen and oxygen atoms in total. The van der Waals surface area contributed by atoms with Crippen LogP contribution in [-0.4, -0.2) is 11.0 Å². The molecular formula is C15H14F2N2S. The Bertz CT molecular complexity index is 597. The Kier molecular flexibility index (Phi) is 3.98. The molecule has 1 heterocycles. The molecule has 104 valence electrons. The third-order valence-electron chi connectivity index (χ3n) is 3.08. The summed E-state index contributed by atoms with van der Waals surface area (Å²) in [6.45, 7) is 0.803. The molecule has 3 rings (SSSR count). The van der Waals surface area contributed by atoms with Gasteiger partial charge in [0.2, 0.25) is 0 Å². The zero-order valence-corrected chi connectivity index (χ0v) is 11.6. The van der Waals surface area contributed by atoms with E-state index in [-0.39, 0.29) is 4.90 Å². The van der Waals surface area contributed by atoms with E-state index in [9.17, 15) is 8.78 Å². The molecule has 1 aromatic carbocycles. The molecule has 0 aliphatic heterocycles. The molecule has 0 bridgehead atoms. The summed E-state index contributed by atoms with van der Waals surface area (Å²) in [5.41, 5.74) is 1.10. The molecule has 0 spiro atoms. The first-order valence-corrected chi connectivity index (χ1v) is 7.33. The maximum atomic E-state index is 13.5. The molecule has 2 aromatic rings. The number of aromatic nitrogens is 1. The Morgan fingerprint density at radius 1 is 1.20 bits per heavy atom. The number of hydrogen-bond acceptors (Lipinski definition) is 3. The molecule has 1 aliphatic rings. The lowest BCUT2D eigenvalue weighted by molar-refractivity contribution is 0.577. The van der Waals surface area contributed by atoms with Crippen molar-refractivity contribution in [3.8, 4) is 0 Å². The minimum absolute atomic E-state index is 0.251. The van der Waals surface area contributed by atoms with Gasteiger partial charge in [-0.3, -0.25) is 0 Å². The van der Waals surface area contributed by atoms with Gasteiger partial charge in [-0.25, -0.2) is 13.8 Å². The van der Waals surface area contributed by atoms with Crippen LogP contribution in [-0.2, 0) is 6.54 Å². The van der Waals surface area contributed by atoms with Crippen LogP contribution in [0, 0.1) is 11.6 Å². The predicted octanol–water partition coefficient (Wildman–Crippen LogP) is 3.76. The van der Waals surface area contributed by atoms with E-state index in [1.165, 1.54) is 18.9 Å². The van der Waals surface area contributed by atoms with Crippen molar-refractivity contribution in [3.05, 3.63) is 53.7 Å². The van der Waals surface area contributed by atoms with Crippen molar-refractivity contribution in [1.82, 2.24) is 10.3 Å². The topological polar surface area (TPSA) is 24.9 Å². The van der Waals surface area contributed by atoms with Crippen LogP contribution in [0.2, 0.25) is 0 Å². The molecule has 1 N–H and O–H groups in total. The summed E-state index contributed by atoms with van der Waals surface area (Å²) >= 11 is 1.13. The second-order valence-electron chi connectivity index (χ2n) is 4.84. The van der Waals surface area contributed by atoms with Crippen molar-refractivity contribution in [2.75, 3.05) is 0 Å². The molecule has 0 amide bonds. The average molecular weight is 292 g/mol. The van der Waals surface area contributed by atoms with Gasteiger partial charge in [-0.1, -0.05) is 17.8 Å². The average Bonchev–Trinajstić information content (AvgIpc) is 3.26. The monoisotopic (exact) mass is 292 g/mol. The smallest absolute Gasteiger partial charge is 0.137 e. The van der Waals surface area contributed by atoms with Gasteiger partial charge in [0.05, 0.1) is 4.90 Å². The standard InChI is InChI=1S/C15H14F2N2S/c16-11-2-5-13(17)14(7-11)20-15-6-1-10(9-19-15)8-18-12-3-4-12/h1-2,5-7,9,12,18H,3-4,8H2. The van der Waals surface area contributed by atoms with Crippen LogP contribution < -0.4 is 5.32 Å². The van der Waals surface area contributed by atoms with Gasteiger partial charge in [-0.2, -0.15) is 0 Å². The second kappa shape index (κ2) is 5.89. The van der Waals surface area contributed by atoms with Crippen molar-refractivity contribution >= 4 is 11.8 Å². The van der Waals surface area contributed by atoms with Gasteiger partial charge in [0.15, 0.2) is 0 Å². The summed E-state index contributed by atoms with van der Waals surface area (Å²) in [4.78, 5) is 4.53. The van der Waals surface area contributed by atoms with Crippen LogP contribution in [0.4, 0.5) is 8.78 Å². The number of nitrogens with one attached hydrogen (secondary N) is 1. The first-order chi connectivity index (χ1) is 9.70. The number of pyridine rings is 1. The Hall–Kier alpha value is -1.46. The molecule has 0 atom stereocenters.